The Balaban J connectivity index is 3.13. The van der Waals surface area contributed by atoms with Crippen molar-refractivity contribution in [2.75, 3.05) is 0 Å². The van der Waals surface area contributed by atoms with Gasteiger partial charge < -0.3 is 0 Å². The average Bonchev–Trinajstić information content (AvgIpc) is 1.94. The van der Waals surface area contributed by atoms with E-state index in [0.717, 1.165) is 12.3 Å². The van der Waals surface area contributed by atoms with Crippen LogP contribution < -0.4 is 5.46 Å². The van der Waals surface area contributed by atoms with Crippen molar-refractivity contribution in [3.05, 3.63) is 23.8 Å². The molecule has 56 valence electrons. The smallest absolute Gasteiger partial charge is 0.229 e. The molecule has 0 amide bonds. The highest BCUT2D eigenvalue weighted by atomic mass is 19.3. The minimum atomic E-state index is -2.87. The number of aromatic nitrogens is 1. The highest BCUT2D eigenvalue weighted by Crippen LogP contribution is 2.18. The summed E-state index contributed by atoms with van der Waals surface area (Å²) in [6.45, 7) is 0. The molecule has 0 bridgehead atoms. The van der Waals surface area contributed by atoms with Crippen LogP contribution in [0.4, 0.5) is 13.2 Å². The zero-order valence-corrected chi connectivity index (χ0v) is 5.39. The Morgan fingerprint density at radius 2 is 2.09 bits per heavy atom. The first kappa shape index (κ1) is 8.10. The van der Waals surface area contributed by atoms with Gasteiger partial charge in [0.2, 0.25) is 5.95 Å². The second kappa shape index (κ2) is 2.94. The molecule has 0 N–H and O–H groups in total. The van der Waals surface area contributed by atoms with E-state index < -0.39 is 17.9 Å². The highest BCUT2D eigenvalue weighted by Gasteiger charge is 2.13. The molecule has 0 fully saturated rings. The number of pyridine rings is 1. The Hall–Kier alpha value is -0.995. The summed E-state index contributed by atoms with van der Waals surface area (Å²) < 4.78 is 36.1. The molecule has 0 saturated carbocycles. The Kier molecular flexibility index (Phi) is 2.17. The number of rotatable bonds is 1. The van der Waals surface area contributed by atoms with Gasteiger partial charge in [-0.3, -0.25) is 0 Å². The lowest BCUT2D eigenvalue weighted by Gasteiger charge is -2.00. The van der Waals surface area contributed by atoms with Crippen LogP contribution in [0.25, 0.3) is 0 Å². The molecule has 2 radical (unpaired) electrons. The van der Waals surface area contributed by atoms with Crippen LogP contribution in [0.15, 0.2) is 12.3 Å². The van der Waals surface area contributed by atoms with Crippen molar-refractivity contribution >= 4 is 13.3 Å². The fourth-order valence-electron chi connectivity index (χ4n) is 0.635. The molecule has 1 aromatic heterocycles. The van der Waals surface area contributed by atoms with Gasteiger partial charge in [-0.05, 0) is 0 Å². The van der Waals surface area contributed by atoms with Gasteiger partial charge in [0.1, 0.15) is 7.85 Å². The maximum atomic E-state index is 12.4. The van der Waals surface area contributed by atoms with E-state index in [1.807, 2.05) is 0 Å². The van der Waals surface area contributed by atoms with Gasteiger partial charge in [-0.1, -0.05) is 11.5 Å². The molecule has 1 aromatic rings. The third-order valence-electron chi connectivity index (χ3n) is 1.12. The van der Waals surface area contributed by atoms with E-state index in [2.05, 4.69) is 4.98 Å². The van der Waals surface area contributed by atoms with Gasteiger partial charge in [-0.25, -0.2) is 13.8 Å². The third-order valence-corrected chi connectivity index (χ3v) is 1.12. The molecule has 1 rings (SSSR count). The molecule has 11 heavy (non-hydrogen) atoms. The standard InChI is InChI=1S/C6H3BF3N/c7-3-1-4(5(8)9)6(10)11-2-3/h1-2,5H. The fourth-order valence-corrected chi connectivity index (χ4v) is 0.635. The minimum Gasteiger partial charge on any atom is -0.229 e. The average molecular weight is 157 g/mol. The lowest BCUT2D eigenvalue weighted by molar-refractivity contribution is 0.145. The summed E-state index contributed by atoms with van der Waals surface area (Å²) in [5, 5.41) is 0. The Morgan fingerprint density at radius 3 is 2.55 bits per heavy atom. The zero-order valence-electron chi connectivity index (χ0n) is 5.39. The second-order valence-corrected chi connectivity index (χ2v) is 1.95. The van der Waals surface area contributed by atoms with E-state index in [1.54, 1.807) is 0 Å². The molecule has 0 unspecified atom stereocenters. The van der Waals surface area contributed by atoms with E-state index in [-0.39, 0.29) is 5.46 Å². The first-order valence-corrected chi connectivity index (χ1v) is 2.80. The van der Waals surface area contributed by atoms with Crippen LogP contribution in [-0.2, 0) is 0 Å². The van der Waals surface area contributed by atoms with E-state index in [1.165, 1.54) is 0 Å². The predicted molar refractivity (Wildman–Crippen MR) is 34.5 cm³/mol. The molecule has 5 heteroatoms. The number of halogens is 3. The first-order chi connectivity index (χ1) is 5.11. The molecule has 0 aliphatic heterocycles. The molecule has 0 aliphatic rings. The molecular formula is C6H3BF3N. The largest absolute Gasteiger partial charge is 0.268 e. The number of hydrogen-bond acceptors (Lipinski definition) is 1. The SMILES string of the molecule is [B]c1cnc(F)c(C(F)F)c1. The van der Waals surface area contributed by atoms with Crippen LogP contribution in [0.3, 0.4) is 0 Å². The highest BCUT2D eigenvalue weighted by molar-refractivity contribution is 6.32. The molecule has 0 aromatic carbocycles. The molecule has 1 heterocycles. The van der Waals surface area contributed by atoms with Gasteiger partial charge in [0.05, 0.1) is 5.56 Å². The van der Waals surface area contributed by atoms with Crippen LogP contribution in [0, 0.1) is 5.95 Å². The van der Waals surface area contributed by atoms with Gasteiger partial charge in [0, 0.05) is 6.20 Å². The van der Waals surface area contributed by atoms with Crippen molar-refractivity contribution in [3.8, 4) is 0 Å². The van der Waals surface area contributed by atoms with Crippen molar-refractivity contribution < 1.29 is 13.2 Å². The summed E-state index contributed by atoms with van der Waals surface area (Å²) >= 11 is 0. The molecular weight excluding hydrogens is 154 g/mol. The van der Waals surface area contributed by atoms with Crippen LogP contribution in [0.5, 0.6) is 0 Å². The van der Waals surface area contributed by atoms with Gasteiger partial charge in [0.15, 0.2) is 0 Å². The summed E-state index contributed by atoms with van der Waals surface area (Å²) in [5.41, 5.74) is -0.730. The van der Waals surface area contributed by atoms with Crippen LogP contribution >= 0.6 is 0 Å². The summed E-state index contributed by atoms with van der Waals surface area (Å²) in [5.74, 6) is -1.17. The van der Waals surface area contributed by atoms with E-state index in [4.69, 9.17) is 7.85 Å². The van der Waals surface area contributed by atoms with Crippen molar-refractivity contribution in [1.29, 1.82) is 0 Å². The summed E-state index contributed by atoms with van der Waals surface area (Å²) in [4.78, 5) is 3.03. The van der Waals surface area contributed by atoms with E-state index >= 15 is 0 Å². The summed E-state index contributed by atoms with van der Waals surface area (Å²) in [6.07, 6.45) is -1.88. The minimum absolute atomic E-state index is 0.0294. The first-order valence-electron chi connectivity index (χ1n) is 2.80. The Morgan fingerprint density at radius 1 is 1.45 bits per heavy atom. The van der Waals surface area contributed by atoms with E-state index in [9.17, 15) is 13.2 Å². The lowest BCUT2D eigenvalue weighted by atomic mass is 9.97. The molecule has 0 aliphatic carbocycles. The second-order valence-electron chi connectivity index (χ2n) is 1.95. The zero-order chi connectivity index (χ0) is 8.43. The van der Waals surface area contributed by atoms with Gasteiger partial charge in [0.25, 0.3) is 6.43 Å². The third kappa shape index (κ3) is 1.72. The molecule has 0 saturated heterocycles. The van der Waals surface area contributed by atoms with Gasteiger partial charge in [-0.15, -0.1) is 0 Å². The fraction of sp³-hybridized carbons (Fsp3) is 0.167. The Labute approximate surface area is 62.7 Å². The van der Waals surface area contributed by atoms with Crippen molar-refractivity contribution in [2.45, 2.75) is 6.43 Å². The monoisotopic (exact) mass is 157 g/mol. The molecule has 0 atom stereocenters. The Bertz CT molecular complexity index is 264. The van der Waals surface area contributed by atoms with E-state index in [0.29, 0.717) is 0 Å². The van der Waals surface area contributed by atoms with Crippen molar-refractivity contribution in [3.63, 3.8) is 0 Å². The summed E-state index contributed by atoms with van der Waals surface area (Å²) in [6, 6.07) is 0.868. The lowest BCUT2D eigenvalue weighted by Crippen LogP contribution is -2.07. The number of nitrogens with zero attached hydrogens (tertiary/aromatic N) is 1. The maximum absolute atomic E-state index is 12.4. The molecule has 1 nitrogen and oxygen atoms in total. The number of alkyl halides is 2. The predicted octanol–water partition coefficient (Wildman–Crippen LogP) is 0.952. The number of hydrogen-bond donors (Lipinski definition) is 0. The van der Waals surface area contributed by atoms with Gasteiger partial charge in [-0.2, -0.15) is 4.39 Å². The quantitative estimate of drug-likeness (QED) is 0.436. The normalized spacial score (nSPS) is 10.5. The van der Waals surface area contributed by atoms with Crippen molar-refractivity contribution in [2.24, 2.45) is 0 Å². The molecule has 0 spiro atoms. The van der Waals surface area contributed by atoms with Crippen LogP contribution in [-0.4, -0.2) is 12.8 Å². The van der Waals surface area contributed by atoms with Gasteiger partial charge >= 0.3 is 0 Å². The van der Waals surface area contributed by atoms with Crippen molar-refractivity contribution in [1.82, 2.24) is 4.98 Å². The van der Waals surface area contributed by atoms with Crippen LogP contribution in [0.1, 0.15) is 12.0 Å². The topological polar surface area (TPSA) is 12.9 Å². The van der Waals surface area contributed by atoms with Crippen LogP contribution in [0.2, 0.25) is 0 Å². The summed E-state index contributed by atoms with van der Waals surface area (Å²) in [7, 11) is 5.10. The maximum Gasteiger partial charge on any atom is 0.268 e.